The van der Waals surface area contributed by atoms with E-state index in [0.717, 1.165) is 16.7 Å². The van der Waals surface area contributed by atoms with Gasteiger partial charge in [-0.3, -0.25) is 9.36 Å². The fourth-order valence-electron chi connectivity index (χ4n) is 6.27. The number of anilines is 1. The standard InChI is InChI=1S/C40H40N5O8P/c1-49-32-18-14-30(15-19-32)40(29-12-7-4-8-13-29,31-16-20-33(50-2)21-17-31)51-27-35-34(53-54(48)42-24-9-23-41)26-37(52-35)45-25-22-36(44-39(45)47)43-38(46)28-10-5-3-6-11-28/h3-8,10-22,25,34-35,37,42,48H,9,24,26-27H2,1-2H3,(H,43,44,46,47)/t34-,35+,37+,54?/m0/s1. The van der Waals surface area contributed by atoms with E-state index in [9.17, 15) is 14.5 Å². The number of hydrogen-bond acceptors (Lipinski definition) is 11. The minimum atomic E-state index is -2.16. The zero-order chi connectivity index (χ0) is 37.9. The second-order valence-electron chi connectivity index (χ2n) is 12.2. The molecule has 0 saturated carbocycles. The predicted molar refractivity (Wildman–Crippen MR) is 202 cm³/mol. The number of ether oxygens (including phenoxy) is 4. The SMILES string of the molecule is COc1ccc(C(OC[C@H]2O[C@@H](n3ccc(NC(=O)c4ccccc4)nc3=O)C[C@@H]2OP(O)NCCC#N)(c2ccccc2)c2ccc(OC)cc2)cc1. The molecule has 0 spiro atoms. The molecule has 1 unspecified atom stereocenters. The van der Waals surface area contributed by atoms with Gasteiger partial charge < -0.3 is 33.7 Å². The summed E-state index contributed by atoms with van der Waals surface area (Å²) in [6, 6.07) is 37.2. The van der Waals surface area contributed by atoms with E-state index < -0.39 is 44.2 Å². The van der Waals surface area contributed by atoms with Crippen molar-refractivity contribution in [2.75, 3.05) is 32.7 Å². The summed E-state index contributed by atoms with van der Waals surface area (Å²) in [6.45, 7) is 0.186. The van der Waals surface area contributed by atoms with Gasteiger partial charge in [0.25, 0.3) is 14.4 Å². The van der Waals surface area contributed by atoms with E-state index in [0.29, 0.717) is 17.1 Å². The number of methoxy groups -OCH3 is 2. The molecule has 54 heavy (non-hydrogen) atoms. The third kappa shape index (κ3) is 8.84. The summed E-state index contributed by atoms with van der Waals surface area (Å²) in [6.07, 6.45) is -0.543. The zero-order valence-electron chi connectivity index (χ0n) is 29.7. The molecule has 0 radical (unpaired) electrons. The molecule has 2 heterocycles. The summed E-state index contributed by atoms with van der Waals surface area (Å²) in [5.41, 5.74) is 1.05. The Morgan fingerprint density at radius 2 is 1.52 bits per heavy atom. The van der Waals surface area contributed by atoms with Crippen LogP contribution in [-0.4, -0.2) is 59.9 Å². The molecule has 1 aliphatic rings. The maximum atomic E-state index is 13.4. The number of nitriles is 1. The summed E-state index contributed by atoms with van der Waals surface area (Å²) in [7, 11) is 1.05. The lowest BCUT2D eigenvalue weighted by molar-refractivity contribution is -0.0915. The fraction of sp³-hybridized carbons (Fsp3) is 0.250. The van der Waals surface area contributed by atoms with Crippen molar-refractivity contribution in [1.29, 1.82) is 5.26 Å². The van der Waals surface area contributed by atoms with Crippen molar-refractivity contribution in [3.63, 3.8) is 0 Å². The zero-order valence-corrected chi connectivity index (χ0v) is 30.6. The van der Waals surface area contributed by atoms with Gasteiger partial charge in [0, 0.05) is 31.1 Å². The molecule has 6 rings (SSSR count). The van der Waals surface area contributed by atoms with E-state index in [2.05, 4.69) is 15.4 Å². The van der Waals surface area contributed by atoms with Gasteiger partial charge in [0.2, 0.25) is 0 Å². The van der Waals surface area contributed by atoms with Crippen LogP contribution in [-0.2, 0) is 19.6 Å². The molecule has 1 fully saturated rings. The molecule has 1 aliphatic heterocycles. The van der Waals surface area contributed by atoms with Crippen LogP contribution in [0.5, 0.6) is 11.5 Å². The molecular weight excluding hydrogens is 709 g/mol. The lowest BCUT2D eigenvalue weighted by Crippen LogP contribution is -2.38. The number of amides is 1. The summed E-state index contributed by atoms with van der Waals surface area (Å²) in [5, 5.41) is 14.5. The van der Waals surface area contributed by atoms with Crippen LogP contribution in [0.3, 0.4) is 0 Å². The van der Waals surface area contributed by atoms with Gasteiger partial charge in [0.15, 0.2) is 0 Å². The molecule has 0 aliphatic carbocycles. The number of nitrogens with one attached hydrogen (secondary N) is 2. The number of benzene rings is 4. The molecule has 4 atom stereocenters. The molecule has 1 saturated heterocycles. The van der Waals surface area contributed by atoms with Crippen molar-refractivity contribution in [2.24, 2.45) is 0 Å². The summed E-state index contributed by atoms with van der Waals surface area (Å²) >= 11 is 0. The molecule has 1 amide bonds. The van der Waals surface area contributed by atoms with E-state index in [1.165, 1.54) is 16.8 Å². The van der Waals surface area contributed by atoms with Crippen molar-refractivity contribution in [3.05, 3.63) is 154 Å². The number of hydrogen-bond donors (Lipinski definition) is 3. The quantitative estimate of drug-likeness (QED) is 0.0623. The van der Waals surface area contributed by atoms with Gasteiger partial charge >= 0.3 is 5.69 Å². The van der Waals surface area contributed by atoms with Gasteiger partial charge in [-0.25, -0.2) is 9.88 Å². The minimum Gasteiger partial charge on any atom is -0.497 e. The Hall–Kier alpha value is -5.45. The van der Waals surface area contributed by atoms with Gasteiger partial charge in [0.05, 0.1) is 33.0 Å². The largest absolute Gasteiger partial charge is 0.497 e. The van der Waals surface area contributed by atoms with Crippen LogP contribution in [0.2, 0.25) is 0 Å². The van der Waals surface area contributed by atoms with Crippen molar-refractivity contribution >= 4 is 20.3 Å². The Kier molecular flexibility index (Phi) is 12.8. The van der Waals surface area contributed by atoms with E-state index >= 15 is 0 Å². The first-order chi connectivity index (χ1) is 26.3. The minimum absolute atomic E-state index is 0.0388. The van der Waals surface area contributed by atoms with Crippen LogP contribution in [0.15, 0.2) is 126 Å². The maximum Gasteiger partial charge on any atom is 0.351 e. The van der Waals surface area contributed by atoms with Gasteiger partial charge in [-0.2, -0.15) is 10.2 Å². The van der Waals surface area contributed by atoms with E-state index in [-0.39, 0.29) is 31.8 Å². The Bertz CT molecular complexity index is 2030. The van der Waals surface area contributed by atoms with Crippen molar-refractivity contribution < 1.29 is 33.2 Å². The first-order valence-electron chi connectivity index (χ1n) is 17.2. The summed E-state index contributed by atoms with van der Waals surface area (Å²) in [5.74, 6) is 1.04. The average molecular weight is 750 g/mol. The van der Waals surface area contributed by atoms with Gasteiger partial charge in [-0.1, -0.05) is 72.8 Å². The second kappa shape index (κ2) is 18.1. The van der Waals surface area contributed by atoms with E-state index in [4.69, 9.17) is 28.7 Å². The number of carbonyl (C=O) groups excluding carboxylic acids is 1. The molecule has 4 aromatic carbocycles. The molecule has 5 aromatic rings. The Balaban J connectivity index is 1.32. The van der Waals surface area contributed by atoms with Crippen molar-refractivity contribution in [2.45, 2.75) is 36.9 Å². The summed E-state index contributed by atoms with van der Waals surface area (Å²) < 4.78 is 31.9. The van der Waals surface area contributed by atoms with Crippen LogP contribution >= 0.6 is 8.53 Å². The predicted octanol–water partition coefficient (Wildman–Crippen LogP) is 5.92. The van der Waals surface area contributed by atoms with Crippen molar-refractivity contribution in [1.82, 2.24) is 14.6 Å². The van der Waals surface area contributed by atoms with Crippen LogP contribution in [0.1, 0.15) is 46.1 Å². The Morgan fingerprint density at radius 1 is 0.926 bits per heavy atom. The molecule has 3 N–H and O–H groups in total. The Labute approximate surface area is 314 Å². The third-order valence-electron chi connectivity index (χ3n) is 8.95. The Morgan fingerprint density at radius 3 is 2.09 bits per heavy atom. The first kappa shape index (κ1) is 38.3. The second-order valence-corrected chi connectivity index (χ2v) is 13.3. The lowest BCUT2D eigenvalue weighted by Gasteiger charge is -2.37. The average Bonchev–Trinajstić information content (AvgIpc) is 3.61. The third-order valence-corrected chi connectivity index (χ3v) is 9.92. The number of aromatic nitrogens is 2. The first-order valence-corrected chi connectivity index (χ1v) is 18.4. The van der Waals surface area contributed by atoms with Crippen LogP contribution in [0.4, 0.5) is 5.82 Å². The highest BCUT2D eigenvalue weighted by atomic mass is 31.2. The topological polar surface area (TPSA) is 166 Å². The van der Waals surface area contributed by atoms with Gasteiger partial charge in [-0.05, 0) is 59.2 Å². The highest BCUT2D eigenvalue weighted by Crippen LogP contribution is 2.44. The normalized spacial score (nSPS) is 17.3. The monoisotopic (exact) mass is 749 g/mol. The molecule has 1 aromatic heterocycles. The number of carbonyl (C=O) groups is 1. The van der Waals surface area contributed by atoms with Crippen LogP contribution in [0, 0.1) is 11.3 Å². The molecule has 278 valence electrons. The summed E-state index contributed by atoms with van der Waals surface area (Å²) in [4.78, 5) is 41.0. The lowest BCUT2D eigenvalue weighted by atomic mass is 9.80. The maximum absolute atomic E-state index is 13.4. The van der Waals surface area contributed by atoms with E-state index in [1.807, 2.05) is 84.9 Å². The highest BCUT2D eigenvalue weighted by molar-refractivity contribution is 7.43. The fourth-order valence-corrected chi connectivity index (χ4v) is 7.12. The van der Waals surface area contributed by atoms with Crippen molar-refractivity contribution in [3.8, 4) is 17.6 Å². The van der Waals surface area contributed by atoms with Crippen LogP contribution < -0.4 is 25.6 Å². The van der Waals surface area contributed by atoms with Gasteiger partial charge in [-0.15, -0.1) is 0 Å². The molecular formula is C40H40N5O8P. The van der Waals surface area contributed by atoms with Crippen LogP contribution in [0.25, 0.3) is 0 Å². The molecule has 13 nitrogen and oxygen atoms in total. The van der Waals surface area contributed by atoms with Gasteiger partial charge in [0.1, 0.15) is 35.2 Å². The molecule has 14 heteroatoms. The number of nitrogens with zero attached hydrogens (tertiary/aromatic N) is 3. The van der Waals surface area contributed by atoms with E-state index in [1.54, 1.807) is 44.6 Å². The highest BCUT2D eigenvalue weighted by Gasteiger charge is 2.44. The molecule has 0 bridgehead atoms. The smallest absolute Gasteiger partial charge is 0.351 e. The number of rotatable bonds is 16.